The zero-order valence-electron chi connectivity index (χ0n) is 9.22. The van der Waals surface area contributed by atoms with Crippen LogP contribution in [0.15, 0.2) is 0 Å². The maximum atomic E-state index is 11.0. The van der Waals surface area contributed by atoms with E-state index in [1.807, 2.05) is 0 Å². The number of rotatable bonds is 0. The Hall–Kier alpha value is -0.810. The van der Waals surface area contributed by atoms with Crippen LogP contribution in [0.25, 0.3) is 0 Å². The number of likely N-dealkylation sites (tertiary alicyclic amines) is 1. The lowest BCUT2D eigenvalue weighted by molar-refractivity contribution is -0.206. The number of piperidine rings is 1. The third kappa shape index (κ3) is 1.68. The number of carboxylic acid groups (broad SMARTS) is 1. The standard InChI is InChI=1S/C11H17NO4/c13-10(14)12-6-8-3-9(7-12)5-11(4-8)15-1-2-16-11/h8-9H,1-7H2,(H,13,14). The van der Waals surface area contributed by atoms with Crippen molar-refractivity contribution < 1.29 is 19.4 Å². The van der Waals surface area contributed by atoms with Gasteiger partial charge in [-0.3, -0.25) is 0 Å². The quantitative estimate of drug-likeness (QED) is 0.674. The van der Waals surface area contributed by atoms with E-state index in [0.717, 1.165) is 19.3 Å². The first kappa shape index (κ1) is 10.4. The summed E-state index contributed by atoms with van der Waals surface area (Å²) in [5.74, 6) is 0.432. The van der Waals surface area contributed by atoms with Crippen molar-refractivity contribution in [2.45, 2.75) is 25.0 Å². The molecule has 1 aliphatic carbocycles. The van der Waals surface area contributed by atoms with Crippen LogP contribution in [-0.4, -0.2) is 48.2 Å². The second-order valence-corrected chi connectivity index (χ2v) is 5.17. The topological polar surface area (TPSA) is 59.0 Å². The molecule has 3 fully saturated rings. The fourth-order valence-corrected chi connectivity index (χ4v) is 3.47. The highest BCUT2D eigenvalue weighted by molar-refractivity contribution is 5.65. The van der Waals surface area contributed by atoms with Crippen LogP contribution in [0.3, 0.4) is 0 Å². The Morgan fingerprint density at radius 3 is 2.25 bits per heavy atom. The van der Waals surface area contributed by atoms with Crippen molar-refractivity contribution in [2.24, 2.45) is 11.8 Å². The number of nitrogens with zero attached hydrogens (tertiary/aromatic N) is 1. The second kappa shape index (κ2) is 3.60. The Bertz CT molecular complexity index is 284. The molecule has 1 N–H and O–H groups in total. The molecule has 2 atom stereocenters. The Kier molecular flexibility index (Phi) is 2.33. The van der Waals surface area contributed by atoms with Gasteiger partial charge in [0.15, 0.2) is 5.79 Å². The molecule has 1 amide bonds. The zero-order valence-corrected chi connectivity index (χ0v) is 9.22. The van der Waals surface area contributed by atoms with Gasteiger partial charge in [0.1, 0.15) is 0 Å². The fourth-order valence-electron chi connectivity index (χ4n) is 3.47. The molecular formula is C11H17NO4. The van der Waals surface area contributed by atoms with Crippen LogP contribution in [-0.2, 0) is 9.47 Å². The largest absolute Gasteiger partial charge is 0.465 e. The highest BCUT2D eigenvalue weighted by atomic mass is 16.7. The van der Waals surface area contributed by atoms with Gasteiger partial charge in [-0.05, 0) is 18.3 Å². The van der Waals surface area contributed by atoms with E-state index in [4.69, 9.17) is 14.6 Å². The van der Waals surface area contributed by atoms with Gasteiger partial charge in [-0.1, -0.05) is 0 Å². The molecule has 0 aromatic carbocycles. The first-order chi connectivity index (χ1) is 7.67. The summed E-state index contributed by atoms with van der Waals surface area (Å²) in [4.78, 5) is 12.5. The van der Waals surface area contributed by atoms with Crippen molar-refractivity contribution in [2.75, 3.05) is 26.3 Å². The number of carbonyl (C=O) groups is 1. The summed E-state index contributed by atoms with van der Waals surface area (Å²) in [6, 6.07) is 0. The van der Waals surface area contributed by atoms with Gasteiger partial charge in [0.05, 0.1) is 13.2 Å². The van der Waals surface area contributed by atoms with Crippen LogP contribution in [0, 0.1) is 11.8 Å². The number of ether oxygens (including phenoxy) is 2. The first-order valence-electron chi connectivity index (χ1n) is 5.93. The van der Waals surface area contributed by atoms with E-state index < -0.39 is 6.09 Å². The van der Waals surface area contributed by atoms with Crippen molar-refractivity contribution in [3.8, 4) is 0 Å². The molecule has 16 heavy (non-hydrogen) atoms. The fraction of sp³-hybridized carbons (Fsp3) is 0.909. The van der Waals surface area contributed by atoms with Crippen molar-refractivity contribution in [1.82, 2.24) is 4.90 Å². The molecule has 1 saturated carbocycles. The molecule has 3 aliphatic rings. The molecule has 90 valence electrons. The summed E-state index contributed by atoms with van der Waals surface area (Å²) in [6.07, 6.45) is 2.04. The van der Waals surface area contributed by atoms with Crippen LogP contribution in [0.2, 0.25) is 0 Å². The molecular weight excluding hydrogens is 210 g/mol. The lowest BCUT2D eigenvalue weighted by Gasteiger charge is -2.46. The van der Waals surface area contributed by atoms with Crippen LogP contribution >= 0.6 is 0 Å². The molecule has 5 heteroatoms. The minimum atomic E-state index is -0.793. The molecule has 0 aromatic rings. The summed E-state index contributed by atoms with van der Waals surface area (Å²) < 4.78 is 11.5. The molecule has 2 unspecified atom stereocenters. The summed E-state index contributed by atoms with van der Waals surface area (Å²) in [6.45, 7) is 2.64. The Morgan fingerprint density at radius 1 is 1.19 bits per heavy atom. The van der Waals surface area contributed by atoms with Gasteiger partial charge in [0.25, 0.3) is 0 Å². The molecule has 3 rings (SSSR count). The van der Waals surface area contributed by atoms with Gasteiger partial charge in [0.2, 0.25) is 0 Å². The van der Waals surface area contributed by atoms with Crippen molar-refractivity contribution in [3.05, 3.63) is 0 Å². The minimum Gasteiger partial charge on any atom is -0.465 e. The third-order valence-corrected chi connectivity index (χ3v) is 3.91. The van der Waals surface area contributed by atoms with Crippen molar-refractivity contribution >= 4 is 6.09 Å². The van der Waals surface area contributed by atoms with Gasteiger partial charge in [-0.25, -0.2) is 4.79 Å². The van der Waals surface area contributed by atoms with E-state index >= 15 is 0 Å². The van der Waals surface area contributed by atoms with Gasteiger partial charge >= 0.3 is 6.09 Å². The molecule has 2 bridgehead atoms. The average molecular weight is 227 g/mol. The predicted octanol–water partition coefficient (Wildman–Crippen LogP) is 1.14. The van der Waals surface area contributed by atoms with Gasteiger partial charge in [-0.2, -0.15) is 0 Å². The number of fused-ring (bicyclic) bond motifs is 2. The van der Waals surface area contributed by atoms with Crippen molar-refractivity contribution in [3.63, 3.8) is 0 Å². The lowest BCUT2D eigenvalue weighted by Crippen LogP contribution is -2.52. The van der Waals surface area contributed by atoms with E-state index in [9.17, 15) is 4.79 Å². The minimum absolute atomic E-state index is 0.377. The Morgan fingerprint density at radius 2 is 1.75 bits per heavy atom. The third-order valence-electron chi connectivity index (χ3n) is 3.91. The number of hydrogen-bond donors (Lipinski definition) is 1. The Balaban J connectivity index is 1.72. The SMILES string of the molecule is O=C(O)N1CC2CC(C1)CC1(C2)OCCO1. The Labute approximate surface area is 94.3 Å². The molecule has 2 heterocycles. The van der Waals surface area contributed by atoms with E-state index in [0.29, 0.717) is 38.1 Å². The normalized spacial score (nSPS) is 36.6. The van der Waals surface area contributed by atoms with Gasteiger partial charge in [-0.15, -0.1) is 0 Å². The summed E-state index contributed by atoms with van der Waals surface area (Å²) >= 11 is 0. The maximum Gasteiger partial charge on any atom is 0.407 e. The van der Waals surface area contributed by atoms with Crippen LogP contribution in [0.5, 0.6) is 0 Å². The molecule has 2 saturated heterocycles. The molecule has 2 aliphatic heterocycles. The predicted molar refractivity (Wildman–Crippen MR) is 55.1 cm³/mol. The molecule has 0 radical (unpaired) electrons. The van der Waals surface area contributed by atoms with E-state index in [-0.39, 0.29) is 5.79 Å². The molecule has 5 nitrogen and oxygen atoms in total. The molecule has 0 aromatic heterocycles. The zero-order chi connectivity index (χ0) is 11.2. The van der Waals surface area contributed by atoms with Crippen LogP contribution < -0.4 is 0 Å². The summed E-state index contributed by atoms with van der Waals surface area (Å²) in [5, 5.41) is 9.01. The smallest absolute Gasteiger partial charge is 0.407 e. The highest BCUT2D eigenvalue weighted by Gasteiger charge is 2.48. The van der Waals surface area contributed by atoms with Crippen molar-refractivity contribution in [1.29, 1.82) is 0 Å². The average Bonchev–Trinajstić information content (AvgIpc) is 2.64. The maximum absolute atomic E-state index is 11.0. The van der Waals surface area contributed by atoms with Gasteiger partial charge in [0, 0.05) is 25.9 Å². The summed E-state index contributed by atoms with van der Waals surface area (Å²) in [5.41, 5.74) is 0. The van der Waals surface area contributed by atoms with E-state index in [1.54, 1.807) is 4.90 Å². The first-order valence-corrected chi connectivity index (χ1v) is 5.93. The van der Waals surface area contributed by atoms with Crippen LogP contribution in [0.1, 0.15) is 19.3 Å². The number of hydrogen-bond acceptors (Lipinski definition) is 3. The lowest BCUT2D eigenvalue weighted by atomic mass is 9.74. The number of amides is 1. The molecule has 1 spiro atoms. The monoisotopic (exact) mass is 227 g/mol. The van der Waals surface area contributed by atoms with E-state index in [2.05, 4.69) is 0 Å². The highest BCUT2D eigenvalue weighted by Crippen LogP contribution is 2.44. The van der Waals surface area contributed by atoms with Crippen LogP contribution in [0.4, 0.5) is 4.79 Å². The van der Waals surface area contributed by atoms with E-state index in [1.165, 1.54) is 0 Å². The second-order valence-electron chi connectivity index (χ2n) is 5.17. The van der Waals surface area contributed by atoms with Gasteiger partial charge < -0.3 is 19.5 Å². The summed E-state index contributed by atoms with van der Waals surface area (Å²) in [7, 11) is 0.